The van der Waals surface area contributed by atoms with Crippen LogP contribution in [0.4, 0.5) is 4.79 Å². The number of nitrogens with one attached hydrogen (secondary N) is 1. The van der Waals surface area contributed by atoms with Gasteiger partial charge in [0.25, 0.3) is 0 Å². The van der Waals surface area contributed by atoms with Gasteiger partial charge in [0.1, 0.15) is 0 Å². The molecule has 0 bridgehead atoms. The van der Waals surface area contributed by atoms with Gasteiger partial charge in [-0.3, -0.25) is 0 Å². The molecule has 3 nitrogen and oxygen atoms in total. The van der Waals surface area contributed by atoms with Crippen molar-refractivity contribution < 1.29 is 4.79 Å². The second kappa shape index (κ2) is 4.18. The Labute approximate surface area is 56.0 Å². The van der Waals surface area contributed by atoms with Gasteiger partial charge in [0.2, 0.25) is 0 Å². The van der Waals surface area contributed by atoms with Crippen LogP contribution in [0, 0.1) is 0 Å². The number of hydrogen-bond donors (Lipinski definition) is 1. The van der Waals surface area contributed by atoms with Crippen LogP contribution in [-0.4, -0.2) is 31.1 Å². The zero-order valence-electron chi connectivity index (χ0n) is 6.27. The lowest BCUT2D eigenvalue weighted by atomic mass is 10.6. The van der Waals surface area contributed by atoms with E-state index < -0.39 is 0 Å². The molecule has 9 heavy (non-hydrogen) atoms. The summed E-state index contributed by atoms with van der Waals surface area (Å²) in [6.07, 6.45) is 0. The number of rotatable bonds is 2. The van der Waals surface area contributed by atoms with Gasteiger partial charge in [0, 0.05) is 20.1 Å². The summed E-state index contributed by atoms with van der Waals surface area (Å²) in [6.45, 7) is 5.30. The first kappa shape index (κ1) is 8.27. The number of hydrogen-bond acceptors (Lipinski definition) is 1. The lowest BCUT2D eigenvalue weighted by molar-refractivity contribution is 0.211. The zero-order chi connectivity index (χ0) is 7.28. The first-order chi connectivity index (χ1) is 4.22. The van der Waals surface area contributed by atoms with E-state index in [0.29, 0.717) is 6.54 Å². The highest BCUT2D eigenvalue weighted by Gasteiger charge is 2.01. The average Bonchev–Trinajstić information content (AvgIpc) is 1.87. The van der Waals surface area contributed by atoms with Crippen molar-refractivity contribution in [1.82, 2.24) is 10.2 Å². The summed E-state index contributed by atoms with van der Waals surface area (Å²) in [5.41, 5.74) is 0. The Morgan fingerprint density at radius 1 is 1.56 bits per heavy atom. The van der Waals surface area contributed by atoms with Crippen molar-refractivity contribution in [2.24, 2.45) is 0 Å². The van der Waals surface area contributed by atoms with Crippen molar-refractivity contribution in [3.05, 3.63) is 0 Å². The zero-order valence-corrected chi connectivity index (χ0v) is 6.27. The Balaban J connectivity index is 3.46. The highest BCUT2D eigenvalue weighted by atomic mass is 16.2. The molecule has 0 aliphatic carbocycles. The van der Waals surface area contributed by atoms with E-state index >= 15 is 0 Å². The Kier molecular flexibility index (Phi) is 3.84. The number of amides is 2. The van der Waals surface area contributed by atoms with E-state index in [1.54, 1.807) is 11.9 Å². The van der Waals surface area contributed by atoms with E-state index in [4.69, 9.17) is 0 Å². The van der Waals surface area contributed by atoms with Crippen molar-refractivity contribution in [2.75, 3.05) is 20.1 Å². The van der Waals surface area contributed by atoms with Crippen LogP contribution < -0.4 is 5.32 Å². The maximum absolute atomic E-state index is 10.8. The maximum Gasteiger partial charge on any atom is 0.317 e. The first-order valence-electron chi connectivity index (χ1n) is 3.21. The summed E-state index contributed by atoms with van der Waals surface area (Å²) >= 11 is 0. The molecule has 0 aromatic carbocycles. The third kappa shape index (κ3) is 2.95. The predicted octanol–water partition coefficient (Wildman–Crippen LogP) is 0.668. The van der Waals surface area contributed by atoms with E-state index in [1.165, 1.54) is 0 Å². The van der Waals surface area contributed by atoms with E-state index in [1.807, 2.05) is 13.8 Å². The number of carbonyl (C=O) groups excluding carboxylic acids is 1. The van der Waals surface area contributed by atoms with Gasteiger partial charge < -0.3 is 10.2 Å². The molecule has 0 heterocycles. The molecular formula is C6H14N2O. The van der Waals surface area contributed by atoms with Crippen LogP contribution in [0.15, 0.2) is 0 Å². The van der Waals surface area contributed by atoms with Gasteiger partial charge in [-0.25, -0.2) is 4.79 Å². The van der Waals surface area contributed by atoms with Gasteiger partial charge in [0.15, 0.2) is 0 Å². The van der Waals surface area contributed by atoms with E-state index in [0.717, 1.165) is 6.54 Å². The molecule has 0 fully saturated rings. The van der Waals surface area contributed by atoms with Gasteiger partial charge in [-0.1, -0.05) is 0 Å². The first-order valence-corrected chi connectivity index (χ1v) is 3.21. The molecule has 0 rings (SSSR count). The highest BCUT2D eigenvalue weighted by molar-refractivity contribution is 5.73. The van der Waals surface area contributed by atoms with E-state index in [9.17, 15) is 4.79 Å². The Bertz CT molecular complexity index is 93.1. The van der Waals surface area contributed by atoms with Gasteiger partial charge in [-0.15, -0.1) is 0 Å². The summed E-state index contributed by atoms with van der Waals surface area (Å²) in [7, 11) is 1.77. The third-order valence-corrected chi connectivity index (χ3v) is 1.15. The molecule has 54 valence electrons. The van der Waals surface area contributed by atoms with Crippen molar-refractivity contribution in [3.8, 4) is 0 Å². The molecule has 0 aromatic heterocycles. The van der Waals surface area contributed by atoms with Crippen LogP contribution in [-0.2, 0) is 0 Å². The summed E-state index contributed by atoms with van der Waals surface area (Å²) in [6, 6.07) is 0.000000000000000444. The van der Waals surface area contributed by atoms with Crippen LogP contribution in [0.1, 0.15) is 13.8 Å². The van der Waals surface area contributed by atoms with Gasteiger partial charge in [-0.05, 0) is 13.8 Å². The summed E-state index contributed by atoms with van der Waals surface area (Å²) in [4.78, 5) is 12.4. The molecule has 3 heteroatoms. The second-order valence-corrected chi connectivity index (χ2v) is 1.85. The molecule has 0 unspecified atom stereocenters. The summed E-state index contributed by atoms with van der Waals surface area (Å²) < 4.78 is 0. The highest BCUT2D eigenvalue weighted by Crippen LogP contribution is 1.80. The van der Waals surface area contributed by atoms with Crippen molar-refractivity contribution in [1.29, 1.82) is 0 Å². The van der Waals surface area contributed by atoms with Crippen molar-refractivity contribution >= 4 is 6.03 Å². The molecule has 0 radical (unpaired) electrons. The number of nitrogens with zero attached hydrogens (tertiary/aromatic N) is 1. The SMILES string of the molecule is CCNC(=O)N(C)CC. The molecule has 0 aromatic rings. The number of urea groups is 1. The minimum Gasteiger partial charge on any atom is -0.338 e. The Morgan fingerprint density at radius 3 is 2.44 bits per heavy atom. The monoisotopic (exact) mass is 130 g/mol. The predicted molar refractivity (Wildman–Crippen MR) is 37.4 cm³/mol. The van der Waals surface area contributed by atoms with Crippen LogP contribution in [0.2, 0.25) is 0 Å². The maximum atomic E-state index is 10.8. The molecule has 2 amide bonds. The fourth-order valence-electron chi connectivity index (χ4n) is 0.430. The van der Waals surface area contributed by atoms with Crippen LogP contribution in [0.5, 0.6) is 0 Å². The summed E-state index contributed by atoms with van der Waals surface area (Å²) in [5, 5.41) is 2.68. The smallest absolute Gasteiger partial charge is 0.317 e. The molecular weight excluding hydrogens is 116 g/mol. The standard InChI is InChI=1S/C6H14N2O/c1-4-7-6(9)8(3)5-2/h4-5H2,1-3H3,(H,7,9). The van der Waals surface area contributed by atoms with E-state index in [2.05, 4.69) is 5.32 Å². The Morgan fingerprint density at radius 2 is 2.11 bits per heavy atom. The average molecular weight is 130 g/mol. The molecule has 0 saturated carbocycles. The topological polar surface area (TPSA) is 32.3 Å². The molecule has 0 aliphatic rings. The molecule has 0 saturated heterocycles. The van der Waals surface area contributed by atoms with Crippen LogP contribution in [0.3, 0.4) is 0 Å². The number of carbonyl (C=O) groups is 1. The second-order valence-electron chi connectivity index (χ2n) is 1.85. The fraction of sp³-hybridized carbons (Fsp3) is 0.833. The van der Waals surface area contributed by atoms with Crippen LogP contribution >= 0.6 is 0 Å². The summed E-state index contributed by atoms with van der Waals surface area (Å²) in [5.74, 6) is 0. The van der Waals surface area contributed by atoms with Crippen molar-refractivity contribution in [2.45, 2.75) is 13.8 Å². The normalized spacial score (nSPS) is 8.78. The van der Waals surface area contributed by atoms with Gasteiger partial charge in [0.05, 0.1) is 0 Å². The van der Waals surface area contributed by atoms with Crippen molar-refractivity contribution in [3.63, 3.8) is 0 Å². The lowest BCUT2D eigenvalue weighted by Crippen LogP contribution is -2.36. The molecule has 0 atom stereocenters. The molecule has 0 spiro atoms. The molecule has 1 N–H and O–H groups in total. The van der Waals surface area contributed by atoms with E-state index in [-0.39, 0.29) is 6.03 Å². The quantitative estimate of drug-likeness (QED) is 0.585. The largest absolute Gasteiger partial charge is 0.338 e. The van der Waals surface area contributed by atoms with Crippen LogP contribution in [0.25, 0.3) is 0 Å². The lowest BCUT2D eigenvalue weighted by Gasteiger charge is -2.13. The van der Waals surface area contributed by atoms with Gasteiger partial charge >= 0.3 is 6.03 Å². The molecule has 0 aliphatic heterocycles. The Hall–Kier alpha value is -0.730. The minimum atomic E-state index is 0.000000000000000444. The van der Waals surface area contributed by atoms with Gasteiger partial charge in [-0.2, -0.15) is 0 Å². The minimum absolute atomic E-state index is 0.000000000000000444. The third-order valence-electron chi connectivity index (χ3n) is 1.15. The fourth-order valence-corrected chi connectivity index (χ4v) is 0.430.